The number of benzene rings is 2. The fraction of sp³-hybridized carbons (Fsp3) is 0.0588. The first-order chi connectivity index (χ1) is 18.8. The molecule has 0 radical (unpaired) electrons. The van der Waals surface area contributed by atoms with Crippen molar-refractivity contribution in [3.8, 4) is 33.4 Å². The van der Waals surface area contributed by atoms with E-state index in [4.69, 9.17) is 0 Å². The molecule has 4 aromatic heterocycles. The third kappa shape index (κ3) is 7.14. The van der Waals surface area contributed by atoms with Crippen molar-refractivity contribution in [1.29, 1.82) is 0 Å². The molecule has 6 aromatic rings. The molecule has 0 atom stereocenters. The summed E-state index contributed by atoms with van der Waals surface area (Å²) in [6, 6.07) is 34.4. The Morgan fingerprint density at radius 1 is 0.350 bits per heavy atom. The topological polar surface area (TPSA) is 33.5 Å². The van der Waals surface area contributed by atoms with Crippen LogP contribution in [0.2, 0.25) is 0 Å². The summed E-state index contributed by atoms with van der Waals surface area (Å²) in [5, 5.41) is 0. The first-order valence-electron chi connectivity index (χ1n) is 12.8. The van der Waals surface area contributed by atoms with Crippen LogP contribution in [0.5, 0.6) is 0 Å². The minimum atomic E-state index is 0. The molecule has 0 saturated carbocycles. The lowest BCUT2D eigenvalue weighted by atomic mass is 10.0. The average Bonchev–Trinajstić information content (AvgIpc) is 3.00. The zero-order chi connectivity index (χ0) is 25.6. The van der Waals surface area contributed by atoms with Gasteiger partial charge in [-0.25, -0.2) is 9.13 Å². The Labute approximate surface area is 256 Å². The lowest BCUT2D eigenvalue weighted by molar-refractivity contribution is -0.688. The zero-order valence-corrected chi connectivity index (χ0v) is 25.0. The van der Waals surface area contributed by atoms with Gasteiger partial charge >= 0.3 is 0 Å². The molecule has 0 aliphatic carbocycles. The van der Waals surface area contributed by atoms with E-state index in [2.05, 4.69) is 117 Å². The fourth-order valence-electron chi connectivity index (χ4n) is 4.63. The van der Waals surface area contributed by atoms with Crippen molar-refractivity contribution in [3.05, 3.63) is 158 Å². The van der Waals surface area contributed by atoms with Crippen LogP contribution in [0.15, 0.2) is 147 Å². The quantitative estimate of drug-likeness (QED) is 0.231. The molecule has 0 spiro atoms. The van der Waals surface area contributed by atoms with Crippen molar-refractivity contribution in [3.63, 3.8) is 0 Å². The van der Waals surface area contributed by atoms with Crippen LogP contribution in [0, 0.1) is 0 Å². The van der Waals surface area contributed by atoms with Crippen molar-refractivity contribution < 1.29 is 43.1 Å². The molecule has 0 fully saturated rings. The molecule has 0 aliphatic rings. The van der Waals surface area contributed by atoms with Gasteiger partial charge in [-0.1, -0.05) is 48.5 Å². The van der Waals surface area contributed by atoms with Gasteiger partial charge in [-0.3, -0.25) is 9.97 Å². The van der Waals surface area contributed by atoms with Gasteiger partial charge in [0.05, 0.1) is 0 Å². The number of nitrogens with zero attached hydrogens (tertiary/aromatic N) is 4. The molecule has 2 aromatic carbocycles. The first-order valence-corrected chi connectivity index (χ1v) is 12.8. The summed E-state index contributed by atoms with van der Waals surface area (Å²) in [6.07, 6.45) is 15.8. The average molecular weight is 652 g/mol. The van der Waals surface area contributed by atoms with Crippen LogP contribution >= 0.6 is 0 Å². The molecule has 6 rings (SSSR count). The standard InChI is InChI=1S/C34H28N4.2BrH/c1-5-29(6-2-27(1)25-37-21-13-33(14-22-37)31-9-17-35-18-10-31)30-7-3-28(4-8-30)26-38-23-15-34(16-24-38)32-11-19-36-20-12-32;;/h1-24H,25-26H2;2*1H/q+2;;/p-2. The second-order valence-electron chi connectivity index (χ2n) is 9.38. The summed E-state index contributed by atoms with van der Waals surface area (Å²) in [4.78, 5) is 8.20. The maximum Gasteiger partial charge on any atom is 0.173 e. The highest BCUT2D eigenvalue weighted by Gasteiger charge is 2.08. The SMILES string of the molecule is [Br-].[Br-].c1cc(-c2cc[n+](Cc3ccc(-c4ccc(C[n+]5ccc(-c6ccncc6)cc5)cc4)cc3)cc2)ccn1. The van der Waals surface area contributed by atoms with E-state index in [1.165, 1.54) is 44.5 Å². The second-order valence-corrected chi connectivity index (χ2v) is 9.38. The molecule has 0 saturated heterocycles. The number of pyridine rings is 4. The summed E-state index contributed by atoms with van der Waals surface area (Å²) in [6.45, 7) is 1.68. The van der Waals surface area contributed by atoms with E-state index in [0.717, 1.165) is 13.1 Å². The highest BCUT2D eigenvalue weighted by molar-refractivity contribution is 5.64. The van der Waals surface area contributed by atoms with E-state index in [9.17, 15) is 0 Å². The Bertz CT molecular complexity index is 1480. The molecular weight excluding hydrogens is 624 g/mol. The lowest BCUT2D eigenvalue weighted by Gasteiger charge is -2.05. The third-order valence-electron chi connectivity index (χ3n) is 6.78. The van der Waals surface area contributed by atoms with Crippen LogP contribution in [0.3, 0.4) is 0 Å². The van der Waals surface area contributed by atoms with Crippen LogP contribution in [0.25, 0.3) is 33.4 Å². The van der Waals surface area contributed by atoms with Crippen molar-refractivity contribution >= 4 is 0 Å². The van der Waals surface area contributed by atoms with Gasteiger partial charge in [0.15, 0.2) is 37.9 Å². The van der Waals surface area contributed by atoms with Gasteiger partial charge in [0.2, 0.25) is 0 Å². The third-order valence-corrected chi connectivity index (χ3v) is 6.78. The maximum atomic E-state index is 4.10. The van der Waals surface area contributed by atoms with Gasteiger partial charge in [0.25, 0.3) is 0 Å². The summed E-state index contributed by atoms with van der Waals surface area (Å²) in [5.74, 6) is 0. The Morgan fingerprint density at radius 3 is 0.950 bits per heavy atom. The Hall–Kier alpha value is -4.00. The first kappa shape index (κ1) is 29.0. The van der Waals surface area contributed by atoms with Gasteiger partial charge in [0, 0.05) is 60.2 Å². The molecule has 0 bridgehead atoms. The predicted octanol–water partition coefficient (Wildman–Crippen LogP) is 0.157. The van der Waals surface area contributed by atoms with Crippen molar-refractivity contribution in [1.82, 2.24) is 9.97 Å². The Balaban J connectivity index is 0.00000185. The van der Waals surface area contributed by atoms with Gasteiger partial charge in [-0.05, 0) is 57.6 Å². The van der Waals surface area contributed by atoms with Gasteiger partial charge in [0.1, 0.15) is 0 Å². The molecule has 0 amide bonds. The van der Waals surface area contributed by atoms with Crippen LogP contribution in [-0.4, -0.2) is 9.97 Å². The molecule has 6 heteroatoms. The Morgan fingerprint density at radius 2 is 0.625 bits per heavy atom. The molecule has 4 heterocycles. The van der Waals surface area contributed by atoms with Crippen LogP contribution < -0.4 is 43.1 Å². The van der Waals surface area contributed by atoms with Crippen molar-refractivity contribution in [2.75, 3.05) is 0 Å². The number of hydrogen-bond donors (Lipinski definition) is 0. The molecule has 4 nitrogen and oxygen atoms in total. The highest BCUT2D eigenvalue weighted by Crippen LogP contribution is 2.21. The monoisotopic (exact) mass is 650 g/mol. The maximum absolute atomic E-state index is 4.10. The van der Waals surface area contributed by atoms with E-state index in [-0.39, 0.29) is 34.0 Å². The summed E-state index contributed by atoms with van der Waals surface area (Å²) < 4.78 is 4.41. The zero-order valence-electron chi connectivity index (χ0n) is 21.8. The van der Waals surface area contributed by atoms with Gasteiger partial charge in [-0.15, -0.1) is 0 Å². The summed E-state index contributed by atoms with van der Waals surface area (Å²) in [5.41, 5.74) is 9.77. The van der Waals surface area contributed by atoms with Crippen LogP contribution in [0.4, 0.5) is 0 Å². The second kappa shape index (κ2) is 13.9. The minimum Gasteiger partial charge on any atom is -1.00 e. The molecule has 0 aliphatic heterocycles. The molecule has 0 unspecified atom stereocenters. The van der Waals surface area contributed by atoms with E-state index in [1.54, 1.807) is 0 Å². The van der Waals surface area contributed by atoms with Gasteiger partial charge in [-0.2, -0.15) is 0 Å². The lowest BCUT2D eigenvalue weighted by Crippen LogP contribution is -3.00. The largest absolute Gasteiger partial charge is 1.00 e. The van der Waals surface area contributed by atoms with E-state index >= 15 is 0 Å². The number of hydrogen-bond acceptors (Lipinski definition) is 2. The van der Waals surface area contributed by atoms with E-state index < -0.39 is 0 Å². The summed E-state index contributed by atoms with van der Waals surface area (Å²) >= 11 is 0. The minimum absolute atomic E-state index is 0. The van der Waals surface area contributed by atoms with Crippen LogP contribution in [0.1, 0.15) is 11.1 Å². The highest BCUT2D eigenvalue weighted by atomic mass is 79.9. The fourth-order valence-corrected chi connectivity index (χ4v) is 4.63. The van der Waals surface area contributed by atoms with E-state index in [0.29, 0.717) is 0 Å². The summed E-state index contributed by atoms with van der Waals surface area (Å²) in [7, 11) is 0. The molecule has 198 valence electrons. The Kier molecular flexibility index (Phi) is 10.1. The molecule has 0 N–H and O–H groups in total. The van der Waals surface area contributed by atoms with E-state index in [1.807, 2.05) is 49.1 Å². The van der Waals surface area contributed by atoms with Gasteiger partial charge < -0.3 is 34.0 Å². The number of halogens is 2. The van der Waals surface area contributed by atoms with Crippen molar-refractivity contribution in [2.24, 2.45) is 0 Å². The number of aromatic nitrogens is 4. The smallest absolute Gasteiger partial charge is 0.173 e. The van der Waals surface area contributed by atoms with Crippen LogP contribution in [-0.2, 0) is 13.1 Å². The molecular formula is C34H28Br2N4. The predicted molar refractivity (Wildman–Crippen MR) is 150 cm³/mol. The molecule has 40 heavy (non-hydrogen) atoms. The normalized spacial score (nSPS) is 10.3. The van der Waals surface area contributed by atoms with Crippen molar-refractivity contribution in [2.45, 2.75) is 13.1 Å². The number of rotatable bonds is 7.